The van der Waals surface area contributed by atoms with Crippen LogP contribution in [0.5, 0.6) is 0 Å². The van der Waals surface area contributed by atoms with Crippen molar-refractivity contribution in [2.75, 3.05) is 6.54 Å². The molecule has 9 heteroatoms. The van der Waals surface area contributed by atoms with Gasteiger partial charge in [0.2, 0.25) is 20.0 Å². The van der Waals surface area contributed by atoms with E-state index >= 15 is 0 Å². The second-order valence-electron chi connectivity index (χ2n) is 6.76. The quantitative estimate of drug-likeness (QED) is 0.726. The van der Waals surface area contributed by atoms with E-state index in [1.807, 2.05) is 0 Å². The van der Waals surface area contributed by atoms with Crippen molar-refractivity contribution in [1.29, 1.82) is 0 Å². The van der Waals surface area contributed by atoms with Gasteiger partial charge in [0.05, 0.1) is 10.1 Å². The molecule has 2 aromatic carbocycles. The number of alkyl halides is 1. The van der Waals surface area contributed by atoms with Crippen molar-refractivity contribution < 1.29 is 21.2 Å². The Morgan fingerprint density at radius 2 is 1.41 bits per heavy atom. The molecule has 0 spiro atoms. The Morgan fingerprint density at radius 1 is 0.963 bits per heavy atom. The largest absolute Gasteiger partial charge is 0.238 e. The average Bonchev–Trinajstić information content (AvgIpc) is 2.59. The maximum Gasteiger partial charge on any atom is 0.238 e. The molecule has 0 fully saturated rings. The molecule has 0 amide bonds. The average molecular weight is 415 g/mol. The second-order valence-corrected chi connectivity index (χ2v) is 10.6. The highest BCUT2D eigenvalue weighted by Gasteiger charge is 2.29. The van der Waals surface area contributed by atoms with Gasteiger partial charge in [0.25, 0.3) is 0 Å². The van der Waals surface area contributed by atoms with Gasteiger partial charge in [0.15, 0.2) is 0 Å². The van der Waals surface area contributed by atoms with Crippen LogP contribution in [0.2, 0.25) is 0 Å². The normalized spacial score (nSPS) is 14.9. The molecule has 2 rings (SSSR count). The molecule has 1 atom stereocenters. The summed E-state index contributed by atoms with van der Waals surface area (Å²) in [7, 11) is -7.31. The van der Waals surface area contributed by atoms with Crippen LogP contribution in [0.25, 0.3) is 11.1 Å². The van der Waals surface area contributed by atoms with E-state index in [1.165, 1.54) is 32.9 Å². The summed E-state index contributed by atoms with van der Waals surface area (Å²) < 4.78 is 63.4. The van der Waals surface area contributed by atoms with Gasteiger partial charge >= 0.3 is 0 Å². The van der Waals surface area contributed by atoms with Crippen LogP contribution >= 0.6 is 0 Å². The van der Waals surface area contributed by atoms with Gasteiger partial charge in [-0.25, -0.2) is 31.1 Å². The van der Waals surface area contributed by atoms with Crippen LogP contribution < -0.4 is 9.86 Å². The van der Waals surface area contributed by atoms with E-state index in [0.717, 1.165) is 11.1 Å². The molecule has 0 bridgehead atoms. The van der Waals surface area contributed by atoms with Crippen LogP contribution in [0.4, 0.5) is 4.39 Å². The van der Waals surface area contributed by atoms with Gasteiger partial charge in [0.1, 0.15) is 5.67 Å². The van der Waals surface area contributed by atoms with Crippen LogP contribution in [0, 0.1) is 0 Å². The fraction of sp³-hybridized carbons (Fsp3) is 0.333. The van der Waals surface area contributed by atoms with Crippen molar-refractivity contribution in [1.82, 2.24) is 4.72 Å². The first-order valence-corrected chi connectivity index (χ1v) is 11.3. The van der Waals surface area contributed by atoms with Crippen LogP contribution in [0.1, 0.15) is 26.3 Å². The minimum atomic E-state index is -3.76. The third kappa shape index (κ3) is 5.35. The fourth-order valence-electron chi connectivity index (χ4n) is 2.35. The number of primary sulfonamides is 1. The third-order valence-corrected chi connectivity index (χ3v) is 6.95. The summed E-state index contributed by atoms with van der Waals surface area (Å²) in [6.07, 6.45) is 0. The molecule has 0 heterocycles. The number of hydrogen-bond donors (Lipinski definition) is 2. The zero-order valence-corrected chi connectivity index (χ0v) is 16.9. The minimum absolute atomic E-state index is 0.0108. The highest BCUT2D eigenvalue weighted by molar-refractivity contribution is 7.90. The van der Waals surface area contributed by atoms with E-state index in [0.29, 0.717) is 5.56 Å². The summed E-state index contributed by atoms with van der Waals surface area (Å²) in [6, 6.07) is 12.6. The van der Waals surface area contributed by atoms with E-state index in [1.54, 1.807) is 36.4 Å². The van der Waals surface area contributed by atoms with Crippen molar-refractivity contribution in [3.63, 3.8) is 0 Å². The van der Waals surface area contributed by atoms with E-state index in [9.17, 15) is 21.2 Å². The van der Waals surface area contributed by atoms with Crippen molar-refractivity contribution in [3.05, 3.63) is 54.1 Å². The lowest BCUT2D eigenvalue weighted by Crippen LogP contribution is -2.39. The summed E-state index contributed by atoms with van der Waals surface area (Å²) in [5.74, 6) is 0. The topological polar surface area (TPSA) is 106 Å². The van der Waals surface area contributed by atoms with Crippen molar-refractivity contribution in [2.24, 2.45) is 5.14 Å². The molecular weight excluding hydrogens is 391 g/mol. The molecule has 0 saturated carbocycles. The van der Waals surface area contributed by atoms with Gasteiger partial charge in [-0.15, -0.1) is 0 Å². The number of nitrogens with one attached hydrogen (secondary N) is 1. The van der Waals surface area contributed by atoms with Crippen molar-refractivity contribution in [2.45, 2.75) is 36.6 Å². The highest BCUT2D eigenvalue weighted by atomic mass is 32.2. The number of halogens is 1. The molecule has 27 heavy (non-hydrogen) atoms. The summed E-state index contributed by atoms with van der Waals surface area (Å²) in [6.45, 7) is 3.99. The highest BCUT2D eigenvalue weighted by Crippen LogP contribution is 2.28. The number of benzene rings is 2. The number of nitrogens with two attached hydrogens (primary N) is 1. The lowest BCUT2D eigenvalue weighted by atomic mass is 9.95. The molecule has 0 saturated heterocycles. The first kappa shape index (κ1) is 21.5. The summed E-state index contributed by atoms with van der Waals surface area (Å²) >= 11 is 0. The van der Waals surface area contributed by atoms with Gasteiger partial charge in [-0.2, -0.15) is 0 Å². The first-order valence-electron chi connectivity index (χ1n) is 8.24. The van der Waals surface area contributed by atoms with Crippen LogP contribution in [-0.4, -0.2) is 28.6 Å². The van der Waals surface area contributed by atoms with E-state index in [-0.39, 0.29) is 11.4 Å². The molecule has 6 nitrogen and oxygen atoms in total. The van der Waals surface area contributed by atoms with Gasteiger partial charge in [-0.1, -0.05) is 36.4 Å². The maximum atomic E-state index is 14.9. The first-order chi connectivity index (χ1) is 12.3. The Bertz CT molecular complexity index is 998. The monoisotopic (exact) mass is 414 g/mol. The van der Waals surface area contributed by atoms with E-state index < -0.39 is 31.0 Å². The van der Waals surface area contributed by atoms with Gasteiger partial charge in [-0.3, -0.25) is 0 Å². The lowest BCUT2D eigenvalue weighted by Gasteiger charge is -2.22. The van der Waals surface area contributed by atoms with E-state index in [2.05, 4.69) is 4.72 Å². The number of hydrogen-bond acceptors (Lipinski definition) is 4. The van der Waals surface area contributed by atoms with E-state index in [4.69, 9.17) is 5.14 Å². The van der Waals surface area contributed by atoms with Crippen LogP contribution in [-0.2, 0) is 25.7 Å². The molecule has 0 aromatic heterocycles. The Kier molecular flexibility index (Phi) is 6.10. The van der Waals surface area contributed by atoms with Crippen LogP contribution in [0.15, 0.2) is 53.4 Å². The fourth-order valence-corrected chi connectivity index (χ4v) is 3.67. The summed E-state index contributed by atoms with van der Waals surface area (Å²) in [5.41, 5.74) is -0.0370. The maximum absolute atomic E-state index is 14.9. The predicted octanol–water partition coefficient (Wildman–Crippen LogP) is 2.51. The summed E-state index contributed by atoms with van der Waals surface area (Å²) in [4.78, 5) is 0.0108. The van der Waals surface area contributed by atoms with Crippen molar-refractivity contribution >= 4 is 20.0 Å². The molecule has 0 aliphatic rings. The minimum Gasteiger partial charge on any atom is -0.238 e. The molecule has 0 radical (unpaired) electrons. The molecule has 0 aliphatic heterocycles. The zero-order valence-electron chi connectivity index (χ0n) is 15.3. The van der Waals surface area contributed by atoms with Gasteiger partial charge in [-0.05, 0) is 49.6 Å². The molecule has 0 unspecified atom stereocenters. The molecule has 3 N–H and O–H groups in total. The molecular formula is C18H23FN2O4S2. The Morgan fingerprint density at radius 3 is 1.81 bits per heavy atom. The third-order valence-electron chi connectivity index (χ3n) is 4.23. The molecule has 148 valence electrons. The van der Waals surface area contributed by atoms with Gasteiger partial charge in [0, 0.05) is 6.54 Å². The molecule has 0 aliphatic carbocycles. The van der Waals surface area contributed by atoms with Crippen LogP contribution in [0.3, 0.4) is 0 Å². The number of sulfonamides is 2. The lowest BCUT2D eigenvalue weighted by molar-refractivity contribution is 0.196. The Hall–Kier alpha value is -1.81. The number of rotatable bonds is 7. The summed E-state index contributed by atoms with van der Waals surface area (Å²) in [5, 5.41) is 4.43. The van der Waals surface area contributed by atoms with Gasteiger partial charge < -0.3 is 0 Å². The molecule has 2 aromatic rings. The zero-order chi connectivity index (χ0) is 20.5. The Labute approximate surface area is 159 Å². The SMILES string of the molecule is CC(C)S(=O)(=O)NC[C@](C)(F)c1ccc(-c2ccc(S(N)(=O)=O)cc2)cc1. The smallest absolute Gasteiger partial charge is 0.238 e. The second kappa shape index (κ2) is 7.67. The van der Waals surface area contributed by atoms with Crippen molar-refractivity contribution in [3.8, 4) is 11.1 Å². The standard InChI is InChI=1S/C18H23FN2O4S2/c1-13(2)27(24,25)21-12-18(3,19)16-8-4-14(5-9-16)15-6-10-17(11-7-15)26(20,22)23/h4-11,13,21H,12H2,1-3H3,(H2,20,22,23)/t18-/m0/s1. The predicted molar refractivity (Wildman–Crippen MR) is 104 cm³/mol. The Balaban J connectivity index is 2.18.